The van der Waals surface area contributed by atoms with Crippen molar-refractivity contribution in [1.82, 2.24) is 20.0 Å². The van der Waals surface area contributed by atoms with Crippen molar-refractivity contribution in [1.29, 1.82) is 0 Å². The molecule has 6 rings (SSSR count). The Hall–Kier alpha value is -3.74. The predicted octanol–water partition coefficient (Wildman–Crippen LogP) is 4.55. The number of anilines is 2. The van der Waals surface area contributed by atoms with Crippen LogP contribution >= 0.6 is 0 Å². The van der Waals surface area contributed by atoms with Gasteiger partial charge < -0.3 is 9.80 Å². The Labute approximate surface area is 205 Å². The van der Waals surface area contributed by atoms with E-state index < -0.39 is 0 Å². The monoisotopic (exact) mass is 466 g/mol. The molecule has 2 aliphatic heterocycles. The summed E-state index contributed by atoms with van der Waals surface area (Å²) in [5, 5.41) is 15.1. The second kappa shape index (κ2) is 8.48. The molecule has 4 aromatic rings. The van der Waals surface area contributed by atoms with Crippen LogP contribution in [0.2, 0.25) is 0 Å². The van der Waals surface area contributed by atoms with Gasteiger partial charge in [0.2, 0.25) is 5.91 Å². The second-order valence-corrected chi connectivity index (χ2v) is 9.82. The first-order valence-electron chi connectivity index (χ1n) is 12.4. The molecule has 35 heavy (non-hydrogen) atoms. The number of aryl methyl sites for hydroxylation is 3. The molecule has 0 spiro atoms. The minimum Gasteiger partial charge on any atom is -0.352 e. The maximum absolute atomic E-state index is 13.6. The van der Waals surface area contributed by atoms with Gasteiger partial charge in [-0.05, 0) is 63.8 Å². The molecule has 4 heterocycles. The molecular formula is C28H30N6O. The molecule has 0 bridgehead atoms. The number of hydrogen-bond donors (Lipinski definition) is 0. The number of fused-ring (bicyclic) bond motifs is 2. The Morgan fingerprint density at radius 2 is 1.77 bits per heavy atom. The van der Waals surface area contributed by atoms with Gasteiger partial charge in [-0.15, -0.1) is 5.10 Å². The van der Waals surface area contributed by atoms with Crippen LogP contribution in [0.4, 0.5) is 11.5 Å². The lowest BCUT2D eigenvalue weighted by atomic mass is 9.96. The Kier molecular flexibility index (Phi) is 5.28. The van der Waals surface area contributed by atoms with Gasteiger partial charge in [-0.2, -0.15) is 10.2 Å². The number of aromatic nitrogens is 4. The van der Waals surface area contributed by atoms with Crippen molar-refractivity contribution in [3.05, 3.63) is 71.0 Å². The highest BCUT2D eigenvalue weighted by Crippen LogP contribution is 2.34. The fourth-order valence-electron chi connectivity index (χ4n) is 5.62. The summed E-state index contributed by atoms with van der Waals surface area (Å²) in [6.45, 7) is 8.41. The lowest BCUT2D eigenvalue weighted by Crippen LogP contribution is -2.45. The lowest BCUT2D eigenvalue weighted by Gasteiger charge is -2.34. The maximum atomic E-state index is 13.6. The Balaban J connectivity index is 1.33. The van der Waals surface area contributed by atoms with E-state index in [1.165, 1.54) is 11.1 Å². The summed E-state index contributed by atoms with van der Waals surface area (Å²) < 4.78 is 1.98. The first-order valence-corrected chi connectivity index (χ1v) is 12.4. The topological polar surface area (TPSA) is 67.2 Å². The number of nitrogens with zero attached hydrogens (tertiary/aromatic N) is 6. The molecule has 1 saturated heterocycles. The van der Waals surface area contributed by atoms with Gasteiger partial charge in [-0.3, -0.25) is 4.79 Å². The van der Waals surface area contributed by atoms with Crippen molar-refractivity contribution in [2.45, 2.75) is 40.0 Å². The molecule has 1 atom stereocenters. The third kappa shape index (κ3) is 3.66. The average Bonchev–Trinajstić information content (AvgIpc) is 3.46. The van der Waals surface area contributed by atoms with Gasteiger partial charge in [-0.25, -0.2) is 4.68 Å². The summed E-state index contributed by atoms with van der Waals surface area (Å²) in [6, 6.07) is 16.6. The van der Waals surface area contributed by atoms with E-state index in [1.54, 1.807) is 0 Å². The number of para-hydroxylation sites is 1. The van der Waals surface area contributed by atoms with Gasteiger partial charge in [0.15, 0.2) is 5.82 Å². The molecule has 2 aromatic heterocycles. The summed E-state index contributed by atoms with van der Waals surface area (Å²) in [5.41, 5.74) is 7.35. The molecule has 1 amide bonds. The van der Waals surface area contributed by atoms with E-state index in [1.807, 2.05) is 28.6 Å². The molecule has 2 aliphatic rings. The van der Waals surface area contributed by atoms with Crippen LogP contribution in [-0.4, -0.2) is 45.5 Å². The largest absolute Gasteiger partial charge is 0.352 e. The normalized spacial score (nSPS) is 17.7. The van der Waals surface area contributed by atoms with Gasteiger partial charge in [0, 0.05) is 25.3 Å². The number of amides is 1. The van der Waals surface area contributed by atoms with Crippen LogP contribution < -0.4 is 9.80 Å². The van der Waals surface area contributed by atoms with Crippen molar-refractivity contribution >= 4 is 28.3 Å². The van der Waals surface area contributed by atoms with Crippen molar-refractivity contribution in [3.63, 3.8) is 0 Å². The fraction of sp³-hybridized carbons (Fsp3) is 0.357. The molecule has 178 valence electrons. The number of benzene rings is 2. The average molecular weight is 467 g/mol. The molecule has 0 N–H and O–H groups in total. The molecule has 1 fully saturated rings. The molecule has 0 aliphatic carbocycles. The number of rotatable bonds is 3. The number of carbonyl (C=O) groups is 1. The van der Waals surface area contributed by atoms with E-state index >= 15 is 0 Å². The van der Waals surface area contributed by atoms with Crippen LogP contribution in [-0.2, 0) is 11.2 Å². The minimum atomic E-state index is -0.0617. The molecule has 2 aromatic carbocycles. The molecule has 7 nitrogen and oxygen atoms in total. The highest BCUT2D eigenvalue weighted by molar-refractivity contribution is 5.98. The smallest absolute Gasteiger partial charge is 0.231 e. The lowest BCUT2D eigenvalue weighted by molar-refractivity contribution is -0.122. The summed E-state index contributed by atoms with van der Waals surface area (Å²) in [6.07, 6.45) is 2.77. The molecule has 1 unspecified atom stereocenters. The van der Waals surface area contributed by atoms with E-state index in [0.29, 0.717) is 6.54 Å². The van der Waals surface area contributed by atoms with Gasteiger partial charge in [-0.1, -0.05) is 35.9 Å². The first kappa shape index (κ1) is 21.8. The highest BCUT2D eigenvalue weighted by Gasteiger charge is 2.34. The Morgan fingerprint density at radius 3 is 2.60 bits per heavy atom. The number of piperidine rings is 1. The standard InChI is InChI=1S/C28H30N6O/c1-18-10-12-23(13-11-18)34-20(3)25-19(2)29-30-27(26(25)31-34)32-15-6-8-22(17-32)28(35)33-16-14-21-7-4-5-9-24(21)33/h4-5,7,9-13,22H,6,8,14-17H2,1-3H3. The maximum Gasteiger partial charge on any atom is 0.231 e. The molecular weight excluding hydrogens is 436 g/mol. The Morgan fingerprint density at radius 1 is 0.971 bits per heavy atom. The van der Waals surface area contributed by atoms with Crippen molar-refractivity contribution in [2.75, 3.05) is 29.4 Å². The van der Waals surface area contributed by atoms with Crippen LogP contribution in [0.1, 0.15) is 35.4 Å². The first-order chi connectivity index (χ1) is 17.0. The summed E-state index contributed by atoms with van der Waals surface area (Å²) in [7, 11) is 0. The van der Waals surface area contributed by atoms with Crippen molar-refractivity contribution in [2.24, 2.45) is 5.92 Å². The van der Waals surface area contributed by atoms with E-state index in [0.717, 1.165) is 71.8 Å². The zero-order chi connectivity index (χ0) is 24.1. The van der Waals surface area contributed by atoms with Crippen LogP contribution in [0.25, 0.3) is 16.6 Å². The van der Waals surface area contributed by atoms with Crippen LogP contribution in [0.15, 0.2) is 48.5 Å². The quantitative estimate of drug-likeness (QED) is 0.443. The fourth-order valence-corrected chi connectivity index (χ4v) is 5.62. The van der Waals surface area contributed by atoms with Crippen LogP contribution in [0.3, 0.4) is 0 Å². The van der Waals surface area contributed by atoms with E-state index in [2.05, 4.69) is 65.3 Å². The number of carbonyl (C=O) groups excluding carboxylic acids is 1. The molecule has 0 saturated carbocycles. The van der Waals surface area contributed by atoms with Gasteiger partial charge in [0.1, 0.15) is 5.52 Å². The summed E-state index contributed by atoms with van der Waals surface area (Å²) in [4.78, 5) is 17.8. The summed E-state index contributed by atoms with van der Waals surface area (Å²) >= 11 is 0. The van der Waals surface area contributed by atoms with Crippen molar-refractivity contribution < 1.29 is 4.79 Å². The minimum absolute atomic E-state index is 0.0617. The molecule has 0 radical (unpaired) electrons. The summed E-state index contributed by atoms with van der Waals surface area (Å²) in [5.74, 6) is 0.935. The van der Waals surface area contributed by atoms with Gasteiger partial charge in [0.05, 0.1) is 28.4 Å². The SMILES string of the molecule is Cc1ccc(-n2nc3c(N4CCCC(C(=O)N5CCc6ccccc65)C4)nnc(C)c3c2C)cc1. The Bertz CT molecular complexity index is 1420. The van der Waals surface area contributed by atoms with Crippen molar-refractivity contribution in [3.8, 4) is 5.69 Å². The highest BCUT2D eigenvalue weighted by atomic mass is 16.2. The van der Waals surface area contributed by atoms with E-state index in [9.17, 15) is 4.79 Å². The van der Waals surface area contributed by atoms with E-state index in [4.69, 9.17) is 5.10 Å². The third-order valence-corrected chi connectivity index (χ3v) is 7.49. The van der Waals surface area contributed by atoms with Crippen LogP contribution in [0.5, 0.6) is 0 Å². The van der Waals surface area contributed by atoms with E-state index in [-0.39, 0.29) is 11.8 Å². The predicted molar refractivity (Wildman–Crippen MR) is 138 cm³/mol. The number of hydrogen-bond acceptors (Lipinski definition) is 5. The third-order valence-electron chi connectivity index (χ3n) is 7.49. The zero-order valence-corrected chi connectivity index (χ0v) is 20.5. The van der Waals surface area contributed by atoms with Gasteiger partial charge >= 0.3 is 0 Å². The van der Waals surface area contributed by atoms with Gasteiger partial charge in [0.25, 0.3) is 0 Å². The molecule has 7 heteroatoms. The zero-order valence-electron chi connectivity index (χ0n) is 20.5. The second-order valence-electron chi connectivity index (χ2n) is 9.82. The van der Waals surface area contributed by atoms with Crippen LogP contribution in [0, 0.1) is 26.7 Å².